The molecule has 0 spiro atoms. The quantitative estimate of drug-likeness (QED) is 0.778. The van der Waals surface area contributed by atoms with Crippen LogP contribution >= 0.6 is 23.2 Å². The fourth-order valence-corrected chi connectivity index (χ4v) is 1.80. The van der Waals surface area contributed by atoms with Gasteiger partial charge in [0.25, 0.3) is 0 Å². The molecule has 0 saturated carbocycles. The van der Waals surface area contributed by atoms with Crippen molar-refractivity contribution in [2.24, 2.45) is 0 Å². The lowest BCUT2D eigenvalue weighted by Crippen LogP contribution is -1.95. The molecule has 2 nitrogen and oxygen atoms in total. The molecule has 3 N–H and O–H groups in total. The fraction of sp³-hybridized carbons (Fsp3) is 0.0769. The molecule has 0 radical (unpaired) electrons. The van der Waals surface area contributed by atoms with Crippen LogP contribution in [0.25, 0.3) is 0 Å². The summed E-state index contributed by atoms with van der Waals surface area (Å²) in [6.07, 6.45) is 0. The van der Waals surface area contributed by atoms with Gasteiger partial charge in [-0.2, -0.15) is 0 Å². The van der Waals surface area contributed by atoms with Gasteiger partial charge in [0.15, 0.2) is 0 Å². The van der Waals surface area contributed by atoms with E-state index in [0.29, 0.717) is 10.0 Å². The first-order chi connectivity index (χ1) is 8.06. The first kappa shape index (κ1) is 12.1. The molecule has 0 bridgehead atoms. The molecular weight excluding hydrogens is 255 g/mol. The summed E-state index contributed by atoms with van der Waals surface area (Å²) in [5.41, 5.74) is 9.43. The van der Waals surface area contributed by atoms with E-state index in [-0.39, 0.29) is 0 Å². The highest BCUT2D eigenvalue weighted by Gasteiger charge is 2.02. The molecule has 2 aromatic carbocycles. The molecule has 0 fully saturated rings. The zero-order valence-corrected chi connectivity index (χ0v) is 10.8. The van der Waals surface area contributed by atoms with Crippen molar-refractivity contribution in [3.05, 3.63) is 52.0 Å². The number of nitrogens with two attached hydrogens (primary N) is 1. The molecule has 0 aliphatic rings. The van der Waals surface area contributed by atoms with E-state index < -0.39 is 0 Å². The van der Waals surface area contributed by atoms with Gasteiger partial charge in [0, 0.05) is 17.1 Å². The molecule has 0 atom stereocenters. The summed E-state index contributed by atoms with van der Waals surface area (Å²) in [5, 5.41) is 4.33. The van der Waals surface area contributed by atoms with Crippen molar-refractivity contribution in [2.75, 3.05) is 11.1 Å². The molecule has 2 aromatic rings. The largest absolute Gasteiger partial charge is 0.399 e. The van der Waals surface area contributed by atoms with Crippen molar-refractivity contribution in [3.63, 3.8) is 0 Å². The lowest BCUT2D eigenvalue weighted by atomic mass is 10.1. The van der Waals surface area contributed by atoms with Gasteiger partial charge >= 0.3 is 0 Å². The lowest BCUT2D eigenvalue weighted by molar-refractivity contribution is 1.43. The van der Waals surface area contributed by atoms with E-state index in [2.05, 4.69) is 5.32 Å². The monoisotopic (exact) mass is 266 g/mol. The third kappa shape index (κ3) is 2.84. The second-order valence-electron chi connectivity index (χ2n) is 3.83. The van der Waals surface area contributed by atoms with Crippen molar-refractivity contribution in [3.8, 4) is 0 Å². The maximum absolute atomic E-state index is 5.95. The normalized spacial score (nSPS) is 10.3. The van der Waals surface area contributed by atoms with Gasteiger partial charge in [0.05, 0.1) is 10.0 Å². The van der Waals surface area contributed by atoms with Crippen LogP contribution in [0.2, 0.25) is 10.0 Å². The smallest absolute Gasteiger partial charge is 0.0612 e. The highest BCUT2D eigenvalue weighted by atomic mass is 35.5. The van der Waals surface area contributed by atoms with Crippen molar-refractivity contribution < 1.29 is 0 Å². The van der Waals surface area contributed by atoms with Crippen molar-refractivity contribution in [1.29, 1.82) is 0 Å². The Hall–Kier alpha value is -1.38. The van der Waals surface area contributed by atoms with Crippen LogP contribution in [0, 0.1) is 6.92 Å². The molecule has 0 saturated heterocycles. The van der Waals surface area contributed by atoms with Crippen LogP contribution in [-0.2, 0) is 0 Å². The Kier molecular flexibility index (Phi) is 3.46. The van der Waals surface area contributed by atoms with E-state index in [0.717, 1.165) is 22.6 Å². The number of benzene rings is 2. The predicted molar refractivity (Wildman–Crippen MR) is 75.3 cm³/mol. The standard InChI is InChI=1S/C13H12Cl2N2/c1-8-2-3-9(16)6-13(8)17-10-4-5-11(14)12(15)7-10/h2-7,17H,16H2,1H3. The van der Waals surface area contributed by atoms with Crippen LogP contribution in [0.4, 0.5) is 17.1 Å². The number of anilines is 3. The Bertz CT molecular complexity index is 553. The number of nitrogens with one attached hydrogen (secondary N) is 1. The maximum Gasteiger partial charge on any atom is 0.0612 e. The molecule has 4 heteroatoms. The van der Waals surface area contributed by atoms with E-state index in [9.17, 15) is 0 Å². The average Bonchev–Trinajstić information content (AvgIpc) is 2.29. The number of nitrogen functional groups attached to an aromatic ring is 1. The zero-order chi connectivity index (χ0) is 12.4. The number of hydrogen-bond donors (Lipinski definition) is 2. The minimum Gasteiger partial charge on any atom is -0.399 e. The highest BCUT2D eigenvalue weighted by Crippen LogP contribution is 2.28. The third-order valence-electron chi connectivity index (χ3n) is 2.46. The topological polar surface area (TPSA) is 38.0 Å². The second kappa shape index (κ2) is 4.86. The summed E-state index contributed by atoms with van der Waals surface area (Å²) < 4.78 is 0. The SMILES string of the molecule is Cc1ccc(N)cc1Nc1ccc(Cl)c(Cl)c1. The Morgan fingerprint density at radius 2 is 1.76 bits per heavy atom. The summed E-state index contributed by atoms with van der Waals surface area (Å²) in [7, 11) is 0. The van der Waals surface area contributed by atoms with E-state index in [1.54, 1.807) is 12.1 Å². The van der Waals surface area contributed by atoms with Crippen LogP contribution in [0.3, 0.4) is 0 Å². The Labute approximate surface area is 110 Å². The van der Waals surface area contributed by atoms with Crippen molar-refractivity contribution >= 4 is 40.3 Å². The molecule has 0 unspecified atom stereocenters. The number of rotatable bonds is 2. The maximum atomic E-state index is 5.95. The molecule has 17 heavy (non-hydrogen) atoms. The summed E-state index contributed by atoms with van der Waals surface area (Å²) in [4.78, 5) is 0. The van der Waals surface area contributed by atoms with Crippen LogP contribution in [-0.4, -0.2) is 0 Å². The minimum absolute atomic E-state index is 0.526. The molecule has 0 aromatic heterocycles. The van der Waals surface area contributed by atoms with Gasteiger partial charge in [-0.15, -0.1) is 0 Å². The first-order valence-corrected chi connectivity index (χ1v) is 5.90. The van der Waals surface area contributed by atoms with E-state index >= 15 is 0 Å². The summed E-state index contributed by atoms with van der Waals surface area (Å²) >= 11 is 11.8. The molecule has 0 heterocycles. The molecule has 0 aliphatic heterocycles. The van der Waals surface area contributed by atoms with Gasteiger partial charge in [-0.05, 0) is 42.8 Å². The van der Waals surface area contributed by atoms with E-state index in [1.165, 1.54) is 0 Å². The van der Waals surface area contributed by atoms with Crippen molar-refractivity contribution in [2.45, 2.75) is 6.92 Å². The highest BCUT2D eigenvalue weighted by molar-refractivity contribution is 6.42. The predicted octanol–water partition coefficient (Wildman–Crippen LogP) is 4.63. The molecule has 88 valence electrons. The molecule has 0 aliphatic carbocycles. The van der Waals surface area contributed by atoms with Gasteiger partial charge in [-0.25, -0.2) is 0 Å². The third-order valence-corrected chi connectivity index (χ3v) is 3.20. The van der Waals surface area contributed by atoms with Gasteiger partial charge < -0.3 is 11.1 Å². The first-order valence-electron chi connectivity index (χ1n) is 5.14. The summed E-state index contributed by atoms with van der Waals surface area (Å²) in [6.45, 7) is 2.01. The van der Waals surface area contributed by atoms with Crippen LogP contribution in [0.1, 0.15) is 5.56 Å². The lowest BCUT2D eigenvalue weighted by Gasteiger charge is -2.11. The van der Waals surface area contributed by atoms with E-state index in [1.807, 2.05) is 31.2 Å². The Balaban J connectivity index is 2.31. The van der Waals surface area contributed by atoms with Crippen LogP contribution < -0.4 is 11.1 Å². The van der Waals surface area contributed by atoms with Gasteiger partial charge in [-0.3, -0.25) is 0 Å². The van der Waals surface area contributed by atoms with Gasteiger partial charge in [-0.1, -0.05) is 29.3 Å². The second-order valence-corrected chi connectivity index (χ2v) is 4.64. The molecule has 2 rings (SSSR count). The minimum atomic E-state index is 0.526. The number of hydrogen-bond acceptors (Lipinski definition) is 2. The number of aryl methyl sites for hydroxylation is 1. The summed E-state index contributed by atoms with van der Waals surface area (Å²) in [5.74, 6) is 0. The van der Waals surface area contributed by atoms with Gasteiger partial charge in [0.1, 0.15) is 0 Å². The molecular formula is C13H12Cl2N2. The zero-order valence-electron chi connectivity index (χ0n) is 9.30. The van der Waals surface area contributed by atoms with E-state index in [4.69, 9.17) is 28.9 Å². The fourth-order valence-electron chi connectivity index (χ4n) is 1.50. The van der Waals surface area contributed by atoms with Crippen LogP contribution in [0.15, 0.2) is 36.4 Å². The Morgan fingerprint density at radius 1 is 1.00 bits per heavy atom. The van der Waals surface area contributed by atoms with Gasteiger partial charge in [0.2, 0.25) is 0 Å². The van der Waals surface area contributed by atoms with Crippen molar-refractivity contribution in [1.82, 2.24) is 0 Å². The van der Waals surface area contributed by atoms with Crippen LogP contribution in [0.5, 0.6) is 0 Å². The molecule has 0 amide bonds. The summed E-state index contributed by atoms with van der Waals surface area (Å²) in [6, 6.07) is 11.1. The Morgan fingerprint density at radius 3 is 2.47 bits per heavy atom. The number of halogens is 2. The average molecular weight is 267 g/mol.